The van der Waals surface area contributed by atoms with E-state index in [2.05, 4.69) is 17.2 Å². The summed E-state index contributed by atoms with van der Waals surface area (Å²) >= 11 is 0. The first-order valence-electron chi connectivity index (χ1n) is 4.80. The highest BCUT2D eigenvalue weighted by Crippen LogP contribution is 2.12. The molecule has 2 aromatic rings. The molecule has 3 nitrogen and oxygen atoms in total. The third-order valence-electron chi connectivity index (χ3n) is 2.20. The molecule has 1 heterocycles. The van der Waals surface area contributed by atoms with Gasteiger partial charge in [-0.05, 0) is 18.6 Å². The topological polar surface area (TPSA) is 30.7 Å². The van der Waals surface area contributed by atoms with Crippen molar-refractivity contribution in [1.29, 1.82) is 0 Å². The molecule has 0 amide bonds. The molecule has 0 unspecified atom stereocenters. The molecule has 4 heteroatoms. The number of aromatic nitrogens is 3. The molecule has 0 atom stereocenters. The highest BCUT2D eigenvalue weighted by molar-refractivity contribution is 5.73. The van der Waals surface area contributed by atoms with Crippen molar-refractivity contribution in [3.63, 3.8) is 0 Å². The average Bonchev–Trinajstić information content (AvgIpc) is 2.57. The zero-order chi connectivity index (χ0) is 9.97. The van der Waals surface area contributed by atoms with Crippen LogP contribution in [0.4, 0.5) is 4.39 Å². The van der Waals surface area contributed by atoms with E-state index in [0.29, 0.717) is 0 Å². The van der Waals surface area contributed by atoms with Gasteiger partial charge in [-0.25, -0.2) is 9.07 Å². The summed E-state index contributed by atoms with van der Waals surface area (Å²) in [5.41, 5.74) is 1.53. The van der Waals surface area contributed by atoms with Crippen LogP contribution in [0.25, 0.3) is 11.0 Å². The van der Waals surface area contributed by atoms with Gasteiger partial charge in [0.2, 0.25) is 0 Å². The highest BCUT2D eigenvalue weighted by Gasteiger charge is 2.04. The summed E-state index contributed by atoms with van der Waals surface area (Å²) in [6.07, 6.45) is 2.13. The largest absolute Gasteiger partial charge is 0.245 e. The Balaban J connectivity index is 2.40. The second-order valence-corrected chi connectivity index (χ2v) is 3.30. The van der Waals surface area contributed by atoms with Crippen LogP contribution in [0, 0.1) is 5.82 Å². The van der Waals surface area contributed by atoms with Gasteiger partial charge in [0.1, 0.15) is 11.3 Å². The molecule has 0 fully saturated rings. The van der Waals surface area contributed by atoms with Gasteiger partial charge in [-0.2, -0.15) is 0 Å². The van der Waals surface area contributed by atoms with Gasteiger partial charge in [0.15, 0.2) is 0 Å². The Kier molecular flexibility index (Phi) is 2.43. The van der Waals surface area contributed by atoms with Crippen molar-refractivity contribution in [2.45, 2.75) is 26.3 Å². The number of hydrogen-bond donors (Lipinski definition) is 0. The first-order valence-corrected chi connectivity index (χ1v) is 4.80. The van der Waals surface area contributed by atoms with E-state index in [4.69, 9.17) is 0 Å². The molecule has 0 aliphatic heterocycles. The van der Waals surface area contributed by atoms with Gasteiger partial charge in [-0.3, -0.25) is 0 Å². The predicted molar refractivity (Wildman–Crippen MR) is 52.4 cm³/mol. The Hall–Kier alpha value is -1.45. The van der Waals surface area contributed by atoms with Crippen molar-refractivity contribution < 1.29 is 4.39 Å². The molecule has 14 heavy (non-hydrogen) atoms. The fraction of sp³-hybridized carbons (Fsp3) is 0.400. The first-order chi connectivity index (χ1) is 6.81. The van der Waals surface area contributed by atoms with Crippen LogP contribution in [-0.4, -0.2) is 15.0 Å². The van der Waals surface area contributed by atoms with Gasteiger partial charge < -0.3 is 0 Å². The summed E-state index contributed by atoms with van der Waals surface area (Å²) in [6, 6.07) is 4.53. The van der Waals surface area contributed by atoms with Gasteiger partial charge >= 0.3 is 0 Å². The quantitative estimate of drug-likeness (QED) is 0.749. The number of aryl methyl sites for hydroxylation is 1. The van der Waals surface area contributed by atoms with Gasteiger partial charge in [-0.15, -0.1) is 5.10 Å². The minimum atomic E-state index is -0.238. The van der Waals surface area contributed by atoms with Gasteiger partial charge in [0.05, 0.1) is 5.52 Å². The van der Waals surface area contributed by atoms with E-state index >= 15 is 0 Å². The van der Waals surface area contributed by atoms with Crippen LogP contribution in [0.3, 0.4) is 0 Å². The lowest BCUT2D eigenvalue weighted by atomic mass is 10.3. The summed E-state index contributed by atoms with van der Waals surface area (Å²) in [6.45, 7) is 2.91. The van der Waals surface area contributed by atoms with Gasteiger partial charge in [-0.1, -0.05) is 18.6 Å². The number of benzene rings is 1. The highest BCUT2D eigenvalue weighted by atomic mass is 19.1. The van der Waals surface area contributed by atoms with Crippen molar-refractivity contribution in [2.24, 2.45) is 0 Å². The fourth-order valence-electron chi connectivity index (χ4n) is 1.41. The Morgan fingerprint density at radius 2 is 2.29 bits per heavy atom. The van der Waals surface area contributed by atoms with Gasteiger partial charge in [0.25, 0.3) is 0 Å². The molecule has 0 N–H and O–H groups in total. The summed E-state index contributed by atoms with van der Waals surface area (Å²) in [4.78, 5) is 0. The Labute approximate surface area is 81.5 Å². The molecular weight excluding hydrogens is 181 g/mol. The number of hydrogen-bond acceptors (Lipinski definition) is 2. The van der Waals surface area contributed by atoms with Crippen LogP contribution in [0.15, 0.2) is 18.2 Å². The third-order valence-corrected chi connectivity index (χ3v) is 2.20. The SMILES string of the molecule is CCCCn1nnc2ccc(F)cc21. The minimum absolute atomic E-state index is 0.238. The van der Waals surface area contributed by atoms with Crippen molar-refractivity contribution in [3.8, 4) is 0 Å². The number of halogens is 1. The summed E-state index contributed by atoms with van der Waals surface area (Å²) in [7, 11) is 0. The Morgan fingerprint density at radius 3 is 3.07 bits per heavy atom. The zero-order valence-electron chi connectivity index (χ0n) is 8.07. The number of fused-ring (bicyclic) bond motifs is 1. The number of unbranched alkanes of at least 4 members (excludes halogenated alkanes) is 1. The molecule has 1 aromatic carbocycles. The lowest BCUT2D eigenvalue weighted by molar-refractivity contribution is 0.565. The molecule has 0 bridgehead atoms. The third kappa shape index (κ3) is 1.60. The van der Waals surface area contributed by atoms with Crippen LogP contribution in [0.2, 0.25) is 0 Å². The van der Waals surface area contributed by atoms with Crippen LogP contribution in [0.1, 0.15) is 19.8 Å². The maximum atomic E-state index is 12.9. The smallest absolute Gasteiger partial charge is 0.125 e. The molecule has 2 rings (SSSR count). The maximum absolute atomic E-state index is 12.9. The molecule has 0 aliphatic carbocycles. The summed E-state index contributed by atoms with van der Waals surface area (Å²) < 4.78 is 14.7. The van der Waals surface area contributed by atoms with Crippen molar-refractivity contribution in [3.05, 3.63) is 24.0 Å². The lowest BCUT2D eigenvalue weighted by Crippen LogP contribution is -1.99. The second-order valence-electron chi connectivity index (χ2n) is 3.30. The molecular formula is C10H12FN3. The maximum Gasteiger partial charge on any atom is 0.125 e. The lowest BCUT2D eigenvalue weighted by Gasteiger charge is -1.99. The van der Waals surface area contributed by atoms with Crippen molar-refractivity contribution >= 4 is 11.0 Å². The van der Waals surface area contributed by atoms with Crippen molar-refractivity contribution in [2.75, 3.05) is 0 Å². The molecule has 0 saturated heterocycles. The fourth-order valence-corrected chi connectivity index (χ4v) is 1.41. The van der Waals surface area contributed by atoms with Crippen LogP contribution in [-0.2, 0) is 6.54 Å². The minimum Gasteiger partial charge on any atom is -0.245 e. The predicted octanol–water partition coefficient (Wildman–Crippen LogP) is 2.37. The van der Waals surface area contributed by atoms with Crippen LogP contribution in [0.5, 0.6) is 0 Å². The molecule has 0 saturated carbocycles. The zero-order valence-corrected chi connectivity index (χ0v) is 8.07. The van der Waals surface area contributed by atoms with Gasteiger partial charge in [0, 0.05) is 12.6 Å². The molecule has 1 aromatic heterocycles. The van der Waals surface area contributed by atoms with E-state index in [1.165, 1.54) is 12.1 Å². The van der Waals surface area contributed by atoms with Crippen LogP contribution < -0.4 is 0 Å². The number of rotatable bonds is 3. The summed E-state index contributed by atoms with van der Waals surface area (Å²) in [5.74, 6) is -0.238. The van der Waals surface area contributed by atoms with E-state index in [1.54, 1.807) is 10.7 Å². The standard InChI is InChI=1S/C10H12FN3/c1-2-3-6-14-10-7-8(11)4-5-9(10)12-13-14/h4-5,7H,2-3,6H2,1H3. The molecule has 0 spiro atoms. The normalized spacial score (nSPS) is 11.0. The monoisotopic (exact) mass is 193 g/mol. The average molecular weight is 193 g/mol. The summed E-state index contributed by atoms with van der Waals surface area (Å²) in [5, 5.41) is 7.93. The molecule has 74 valence electrons. The molecule has 0 aliphatic rings. The van der Waals surface area contributed by atoms with E-state index in [1.807, 2.05) is 0 Å². The first kappa shape index (κ1) is 9.12. The Bertz CT molecular complexity index is 436. The molecule has 0 radical (unpaired) electrons. The van der Waals surface area contributed by atoms with E-state index in [9.17, 15) is 4.39 Å². The van der Waals surface area contributed by atoms with Crippen molar-refractivity contribution in [1.82, 2.24) is 15.0 Å². The van der Waals surface area contributed by atoms with E-state index in [0.717, 1.165) is 30.4 Å². The van der Waals surface area contributed by atoms with E-state index < -0.39 is 0 Å². The van der Waals surface area contributed by atoms with Crippen LogP contribution >= 0.6 is 0 Å². The second kappa shape index (κ2) is 3.74. The number of nitrogens with zero attached hydrogens (tertiary/aromatic N) is 3. The Morgan fingerprint density at radius 1 is 1.43 bits per heavy atom. The van der Waals surface area contributed by atoms with E-state index in [-0.39, 0.29) is 5.82 Å².